The zero-order valence-corrected chi connectivity index (χ0v) is 13.7. The average Bonchev–Trinajstić information content (AvgIpc) is 3.25. The number of para-hydroxylation sites is 1. The van der Waals surface area contributed by atoms with Gasteiger partial charge in [-0.25, -0.2) is 5.43 Å². The molecule has 0 spiro atoms. The third-order valence-electron chi connectivity index (χ3n) is 4.16. The summed E-state index contributed by atoms with van der Waals surface area (Å²) in [6, 6.07) is 13.2. The first kappa shape index (κ1) is 15.3. The number of benzene rings is 2. The van der Waals surface area contributed by atoms with E-state index in [1.54, 1.807) is 24.4 Å². The van der Waals surface area contributed by atoms with E-state index >= 15 is 0 Å². The number of hydrogen-bond donors (Lipinski definition) is 1. The SMILES string of the molecule is CCn1cc(/C=N\NC(=O)c2ccc3c(c2)OCO3)c2ccccc21. The van der Waals surface area contributed by atoms with E-state index in [0.717, 1.165) is 23.0 Å². The molecule has 6 heteroatoms. The summed E-state index contributed by atoms with van der Waals surface area (Å²) in [5, 5.41) is 5.20. The second kappa shape index (κ2) is 6.32. The van der Waals surface area contributed by atoms with Gasteiger partial charge >= 0.3 is 0 Å². The Bertz CT molecular complexity index is 975. The van der Waals surface area contributed by atoms with Crippen LogP contribution in [0.4, 0.5) is 0 Å². The van der Waals surface area contributed by atoms with Crippen LogP contribution in [0.2, 0.25) is 0 Å². The van der Waals surface area contributed by atoms with Crippen molar-refractivity contribution in [3.63, 3.8) is 0 Å². The molecular weight excluding hydrogens is 318 g/mol. The largest absolute Gasteiger partial charge is 0.454 e. The maximum absolute atomic E-state index is 12.2. The summed E-state index contributed by atoms with van der Waals surface area (Å²) in [5.41, 5.74) is 5.13. The summed E-state index contributed by atoms with van der Waals surface area (Å²) in [5.74, 6) is 0.920. The first-order valence-corrected chi connectivity index (χ1v) is 8.07. The molecule has 2 aromatic carbocycles. The number of fused-ring (bicyclic) bond motifs is 2. The van der Waals surface area contributed by atoms with Gasteiger partial charge < -0.3 is 14.0 Å². The van der Waals surface area contributed by atoms with Crippen LogP contribution in [0.3, 0.4) is 0 Å². The van der Waals surface area contributed by atoms with E-state index in [2.05, 4.69) is 28.1 Å². The Hall–Kier alpha value is -3.28. The molecule has 1 N–H and O–H groups in total. The van der Waals surface area contributed by atoms with E-state index in [0.29, 0.717) is 17.1 Å². The molecule has 25 heavy (non-hydrogen) atoms. The van der Waals surface area contributed by atoms with Gasteiger partial charge in [-0.1, -0.05) is 18.2 Å². The number of aromatic nitrogens is 1. The van der Waals surface area contributed by atoms with Gasteiger partial charge in [0.05, 0.1) is 6.21 Å². The lowest BCUT2D eigenvalue weighted by Crippen LogP contribution is -2.17. The first-order valence-electron chi connectivity index (χ1n) is 8.07. The summed E-state index contributed by atoms with van der Waals surface area (Å²) in [6.45, 7) is 3.15. The highest BCUT2D eigenvalue weighted by Crippen LogP contribution is 2.32. The highest BCUT2D eigenvalue weighted by molar-refractivity contribution is 6.00. The number of ether oxygens (including phenoxy) is 2. The van der Waals surface area contributed by atoms with Crippen molar-refractivity contribution < 1.29 is 14.3 Å². The Balaban J connectivity index is 1.52. The van der Waals surface area contributed by atoms with Crippen molar-refractivity contribution in [2.75, 3.05) is 6.79 Å². The molecule has 0 bridgehead atoms. The Morgan fingerprint density at radius 2 is 2.08 bits per heavy atom. The molecule has 0 aliphatic carbocycles. The van der Waals surface area contributed by atoms with Crippen molar-refractivity contribution in [2.24, 2.45) is 5.10 Å². The van der Waals surface area contributed by atoms with Crippen molar-refractivity contribution in [1.82, 2.24) is 9.99 Å². The molecular formula is C19H17N3O3. The van der Waals surface area contributed by atoms with Crippen molar-refractivity contribution in [3.8, 4) is 11.5 Å². The predicted molar refractivity (Wildman–Crippen MR) is 95.2 cm³/mol. The number of aryl methyl sites for hydroxylation is 1. The number of carbonyl (C=O) groups is 1. The molecule has 1 aliphatic heterocycles. The lowest BCUT2D eigenvalue weighted by atomic mass is 10.2. The van der Waals surface area contributed by atoms with Crippen LogP contribution < -0.4 is 14.9 Å². The smallest absolute Gasteiger partial charge is 0.271 e. The van der Waals surface area contributed by atoms with Crippen LogP contribution in [-0.4, -0.2) is 23.5 Å². The average molecular weight is 335 g/mol. The van der Waals surface area contributed by atoms with Crippen LogP contribution in [0.25, 0.3) is 10.9 Å². The summed E-state index contributed by atoms with van der Waals surface area (Å²) in [7, 11) is 0. The first-order chi connectivity index (χ1) is 12.3. The molecule has 0 unspecified atom stereocenters. The monoisotopic (exact) mass is 335 g/mol. The number of carbonyl (C=O) groups excluding carboxylic acids is 1. The molecule has 0 radical (unpaired) electrons. The molecule has 0 fully saturated rings. The minimum absolute atomic E-state index is 0.181. The molecule has 0 atom stereocenters. The molecule has 1 aromatic heterocycles. The summed E-state index contributed by atoms with van der Waals surface area (Å²) in [6.07, 6.45) is 3.69. The second-order valence-corrected chi connectivity index (χ2v) is 5.65. The summed E-state index contributed by atoms with van der Waals surface area (Å²) in [4.78, 5) is 12.2. The normalized spacial score (nSPS) is 12.8. The fourth-order valence-corrected chi connectivity index (χ4v) is 2.90. The Kier molecular flexibility index (Phi) is 3.85. The number of hydrogen-bond acceptors (Lipinski definition) is 4. The topological polar surface area (TPSA) is 64.9 Å². The van der Waals surface area contributed by atoms with Crippen LogP contribution in [0.15, 0.2) is 53.8 Å². The molecule has 2 heterocycles. The maximum atomic E-state index is 12.2. The second-order valence-electron chi connectivity index (χ2n) is 5.65. The molecule has 126 valence electrons. The van der Waals surface area contributed by atoms with Crippen molar-refractivity contribution in [1.29, 1.82) is 0 Å². The predicted octanol–water partition coefficient (Wildman–Crippen LogP) is 3.15. The zero-order chi connectivity index (χ0) is 17.2. The fourth-order valence-electron chi connectivity index (χ4n) is 2.90. The Morgan fingerprint density at radius 3 is 2.96 bits per heavy atom. The van der Waals surface area contributed by atoms with E-state index in [4.69, 9.17) is 9.47 Å². The molecule has 1 aliphatic rings. The Labute approximate surface area is 144 Å². The quantitative estimate of drug-likeness (QED) is 0.588. The molecule has 6 nitrogen and oxygen atoms in total. The van der Waals surface area contributed by atoms with Gasteiger partial charge in [-0.05, 0) is 31.2 Å². The van der Waals surface area contributed by atoms with E-state index < -0.39 is 0 Å². The minimum atomic E-state index is -0.297. The van der Waals surface area contributed by atoms with Crippen molar-refractivity contribution in [2.45, 2.75) is 13.5 Å². The number of amides is 1. The highest BCUT2D eigenvalue weighted by Gasteiger charge is 2.15. The van der Waals surface area contributed by atoms with Crippen LogP contribution >= 0.6 is 0 Å². The van der Waals surface area contributed by atoms with E-state index in [-0.39, 0.29) is 12.7 Å². The number of nitrogens with zero attached hydrogens (tertiary/aromatic N) is 2. The van der Waals surface area contributed by atoms with E-state index in [1.165, 1.54) is 0 Å². The molecule has 4 rings (SSSR count). The lowest BCUT2D eigenvalue weighted by molar-refractivity contribution is 0.0954. The minimum Gasteiger partial charge on any atom is -0.454 e. The van der Waals surface area contributed by atoms with Gasteiger partial charge in [-0.2, -0.15) is 5.10 Å². The zero-order valence-electron chi connectivity index (χ0n) is 13.7. The number of rotatable bonds is 4. The van der Waals surface area contributed by atoms with Crippen LogP contribution in [0.5, 0.6) is 11.5 Å². The Morgan fingerprint density at radius 1 is 1.24 bits per heavy atom. The van der Waals surface area contributed by atoms with Gasteiger partial charge in [-0.3, -0.25) is 4.79 Å². The summed E-state index contributed by atoms with van der Waals surface area (Å²) < 4.78 is 12.7. The van der Waals surface area contributed by atoms with Gasteiger partial charge in [-0.15, -0.1) is 0 Å². The van der Waals surface area contributed by atoms with E-state index in [1.807, 2.05) is 24.4 Å². The molecule has 3 aromatic rings. The van der Waals surface area contributed by atoms with Crippen molar-refractivity contribution >= 4 is 23.0 Å². The van der Waals surface area contributed by atoms with Gasteiger partial charge in [0.2, 0.25) is 6.79 Å². The van der Waals surface area contributed by atoms with Crippen molar-refractivity contribution in [3.05, 3.63) is 59.8 Å². The van der Waals surface area contributed by atoms with Crippen LogP contribution in [-0.2, 0) is 6.54 Å². The maximum Gasteiger partial charge on any atom is 0.271 e. The highest BCUT2D eigenvalue weighted by atomic mass is 16.7. The fraction of sp³-hybridized carbons (Fsp3) is 0.158. The third kappa shape index (κ3) is 2.82. The summed E-state index contributed by atoms with van der Waals surface area (Å²) >= 11 is 0. The third-order valence-corrected chi connectivity index (χ3v) is 4.16. The van der Waals surface area contributed by atoms with Crippen LogP contribution in [0.1, 0.15) is 22.8 Å². The molecule has 0 saturated heterocycles. The number of nitrogens with one attached hydrogen (secondary N) is 1. The standard InChI is InChI=1S/C19H17N3O3/c1-2-22-11-14(15-5-3-4-6-16(15)22)10-20-21-19(23)13-7-8-17-18(9-13)25-12-24-17/h3-11H,2,12H2,1H3,(H,21,23)/b20-10-. The molecule has 0 saturated carbocycles. The van der Waals surface area contributed by atoms with Gasteiger partial charge in [0.15, 0.2) is 11.5 Å². The number of hydrazone groups is 1. The van der Waals surface area contributed by atoms with Gasteiger partial charge in [0.25, 0.3) is 5.91 Å². The van der Waals surface area contributed by atoms with Gasteiger partial charge in [0.1, 0.15) is 0 Å². The van der Waals surface area contributed by atoms with E-state index in [9.17, 15) is 4.79 Å². The lowest BCUT2D eigenvalue weighted by Gasteiger charge is -2.01. The molecule has 1 amide bonds. The van der Waals surface area contributed by atoms with Gasteiger partial charge in [0, 0.05) is 34.8 Å². The van der Waals surface area contributed by atoms with Crippen LogP contribution in [0, 0.1) is 0 Å².